The Morgan fingerprint density at radius 3 is 2.67 bits per heavy atom. The molecule has 3 rings (SSSR count). The largest absolute Gasteiger partial charge is 0.435 e. The minimum absolute atomic E-state index is 0.00187. The van der Waals surface area contributed by atoms with E-state index in [1.807, 2.05) is 6.08 Å². The third-order valence-corrected chi connectivity index (χ3v) is 3.34. The summed E-state index contributed by atoms with van der Waals surface area (Å²) in [5.41, 5.74) is -0.375. The molecular weight excluding hydrogens is 324 g/mol. The number of aromatic nitrogens is 2. The van der Waals surface area contributed by atoms with Crippen molar-refractivity contribution >= 4 is 11.9 Å². The maximum absolute atomic E-state index is 13.3. The van der Waals surface area contributed by atoms with E-state index in [1.54, 1.807) is 6.21 Å². The minimum atomic E-state index is -4.65. The standard InChI is InChI=1S/C16H12F4N4/c17-11-6-10(7-21-8-11)13-3-4-14(15(24-13)16(18,19)20)23-9-12-2-1-5-22-12/h2-8,23H,1,9H2. The van der Waals surface area contributed by atoms with Crippen molar-refractivity contribution in [2.75, 3.05) is 11.9 Å². The van der Waals surface area contributed by atoms with Crippen LogP contribution in [0.2, 0.25) is 0 Å². The molecule has 0 unspecified atom stereocenters. The van der Waals surface area contributed by atoms with Crippen LogP contribution in [0, 0.1) is 5.82 Å². The fourth-order valence-electron chi connectivity index (χ4n) is 2.25. The first-order valence-electron chi connectivity index (χ1n) is 7.08. The van der Waals surface area contributed by atoms with Crippen LogP contribution < -0.4 is 5.32 Å². The molecule has 4 nitrogen and oxygen atoms in total. The van der Waals surface area contributed by atoms with Gasteiger partial charge in [0.05, 0.1) is 29.8 Å². The fourth-order valence-corrected chi connectivity index (χ4v) is 2.25. The lowest BCUT2D eigenvalue weighted by atomic mass is 10.1. The van der Waals surface area contributed by atoms with E-state index in [1.165, 1.54) is 18.3 Å². The second-order valence-electron chi connectivity index (χ2n) is 5.08. The number of nitrogens with zero attached hydrogens (tertiary/aromatic N) is 3. The number of pyridine rings is 2. The molecule has 24 heavy (non-hydrogen) atoms. The van der Waals surface area contributed by atoms with Crippen molar-refractivity contribution in [2.45, 2.75) is 12.6 Å². The van der Waals surface area contributed by atoms with Crippen LogP contribution in [0.1, 0.15) is 12.1 Å². The van der Waals surface area contributed by atoms with Crippen LogP contribution in [0.25, 0.3) is 11.3 Å². The Bertz CT molecular complexity index is 812. The maximum atomic E-state index is 13.3. The molecule has 1 aliphatic heterocycles. The molecule has 0 aromatic carbocycles. The molecule has 1 aliphatic rings. The van der Waals surface area contributed by atoms with Gasteiger partial charge in [0.2, 0.25) is 0 Å². The third kappa shape index (κ3) is 3.58. The Hall–Kier alpha value is -2.77. The first kappa shape index (κ1) is 16.1. The molecule has 0 bridgehead atoms. The predicted octanol–water partition coefficient (Wildman–Crippen LogP) is 4.07. The van der Waals surface area contributed by atoms with Gasteiger partial charge in [-0.15, -0.1) is 0 Å². The van der Waals surface area contributed by atoms with Gasteiger partial charge in [-0.1, -0.05) is 6.08 Å². The van der Waals surface area contributed by atoms with E-state index in [4.69, 9.17) is 0 Å². The summed E-state index contributed by atoms with van der Waals surface area (Å²) < 4.78 is 53.1. The van der Waals surface area contributed by atoms with Crippen molar-refractivity contribution in [2.24, 2.45) is 4.99 Å². The molecule has 124 valence electrons. The average Bonchev–Trinajstić information content (AvgIpc) is 3.05. The van der Waals surface area contributed by atoms with Crippen LogP contribution in [0.15, 0.2) is 47.4 Å². The second-order valence-corrected chi connectivity index (χ2v) is 5.08. The molecule has 2 aromatic heterocycles. The summed E-state index contributed by atoms with van der Waals surface area (Å²) in [5.74, 6) is -0.643. The molecule has 3 heterocycles. The van der Waals surface area contributed by atoms with Crippen LogP contribution in [0.3, 0.4) is 0 Å². The maximum Gasteiger partial charge on any atom is 0.435 e. The molecule has 2 aromatic rings. The van der Waals surface area contributed by atoms with E-state index in [0.29, 0.717) is 12.1 Å². The summed E-state index contributed by atoms with van der Waals surface area (Å²) in [5, 5.41) is 2.70. The number of alkyl halides is 3. The SMILES string of the molecule is Fc1cncc(-c2ccc(NCC3=CCC=N3)c(C(F)(F)F)n2)c1. The van der Waals surface area contributed by atoms with Gasteiger partial charge in [0.25, 0.3) is 0 Å². The van der Waals surface area contributed by atoms with Crippen molar-refractivity contribution < 1.29 is 17.6 Å². The van der Waals surface area contributed by atoms with Crippen LogP contribution in [0.4, 0.5) is 23.2 Å². The Morgan fingerprint density at radius 2 is 2.00 bits per heavy atom. The Kier molecular flexibility index (Phi) is 4.28. The molecular formula is C16H12F4N4. The first-order chi connectivity index (χ1) is 11.4. The summed E-state index contributed by atoms with van der Waals surface area (Å²) in [6.45, 7) is 0.169. The third-order valence-electron chi connectivity index (χ3n) is 3.34. The van der Waals surface area contributed by atoms with E-state index in [-0.39, 0.29) is 23.5 Å². The van der Waals surface area contributed by atoms with Crippen molar-refractivity contribution in [1.82, 2.24) is 9.97 Å². The summed E-state index contributed by atoms with van der Waals surface area (Å²) in [6.07, 6.45) is 1.76. The number of nitrogens with one attached hydrogen (secondary N) is 1. The van der Waals surface area contributed by atoms with Gasteiger partial charge in [0.1, 0.15) is 5.82 Å². The highest BCUT2D eigenvalue weighted by Gasteiger charge is 2.36. The minimum Gasteiger partial charge on any atom is -0.378 e. The number of rotatable bonds is 4. The van der Waals surface area contributed by atoms with E-state index >= 15 is 0 Å². The van der Waals surface area contributed by atoms with Gasteiger partial charge in [-0.25, -0.2) is 9.37 Å². The Labute approximate surface area is 135 Å². The molecule has 1 N–H and O–H groups in total. The second kappa shape index (κ2) is 6.38. The molecule has 0 fully saturated rings. The number of hydrogen-bond acceptors (Lipinski definition) is 4. The van der Waals surface area contributed by atoms with Gasteiger partial charge in [-0.3, -0.25) is 9.98 Å². The number of aliphatic imine (C=N–C) groups is 1. The lowest BCUT2D eigenvalue weighted by Gasteiger charge is -2.15. The van der Waals surface area contributed by atoms with Crippen LogP contribution in [-0.2, 0) is 6.18 Å². The van der Waals surface area contributed by atoms with Gasteiger partial charge >= 0.3 is 6.18 Å². The topological polar surface area (TPSA) is 50.2 Å². The zero-order valence-corrected chi connectivity index (χ0v) is 12.3. The van der Waals surface area contributed by atoms with E-state index in [0.717, 1.165) is 12.3 Å². The smallest absolute Gasteiger partial charge is 0.378 e. The highest BCUT2D eigenvalue weighted by Crippen LogP contribution is 2.35. The summed E-state index contributed by atoms with van der Waals surface area (Å²) in [7, 11) is 0. The highest BCUT2D eigenvalue weighted by molar-refractivity contribution is 5.66. The summed E-state index contributed by atoms with van der Waals surface area (Å²) >= 11 is 0. The zero-order chi connectivity index (χ0) is 17.2. The summed E-state index contributed by atoms with van der Waals surface area (Å²) in [4.78, 5) is 11.3. The molecule has 0 radical (unpaired) electrons. The van der Waals surface area contributed by atoms with Crippen molar-refractivity contribution in [1.29, 1.82) is 0 Å². The van der Waals surface area contributed by atoms with Crippen molar-refractivity contribution in [3.63, 3.8) is 0 Å². The molecule has 0 aliphatic carbocycles. The predicted molar refractivity (Wildman–Crippen MR) is 82.1 cm³/mol. The van der Waals surface area contributed by atoms with Crippen molar-refractivity contribution in [3.8, 4) is 11.3 Å². The zero-order valence-electron chi connectivity index (χ0n) is 12.3. The van der Waals surface area contributed by atoms with Gasteiger partial charge < -0.3 is 5.32 Å². The number of anilines is 1. The number of hydrogen-bond donors (Lipinski definition) is 1. The van der Waals surface area contributed by atoms with Crippen molar-refractivity contribution in [3.05, 3.63) is 53.9 Å². The Morgan fingerprint density at radius 1 is 1.17 bits per heavy atom. The van der Waals surface area contributed by atoms with Gasteiger partial charge in [0, 0.05) is 24.4 Å². The van der Waals surface area contributed by atoms with Crippen LogP contribution >= 0.6 is 0 Å². The van der Waals surface area contributed by atoms with Gasteiger partial charge in [-0.2, -0.15) is 13.2 Å². The lowest BCUT2D eigenvalue weighted by molar-refractivity contribution is -0.140. The molecule has 8 heteroatoms. The van der Waals surface area contributed by atoms with Gasteiger partial charge in [0.15, 0.2) is 5.69 Å². The molecule has 0 spiro atoms. The highest BCUT2D eigenvalue weighted by atomic mass is 19.4. The van der Waals surface area contributed by atoms with Crippen LogP contribution in [-0.4, -0.2) is 22.7 Å². The van der Waals surface area contributed by atoms with E-state index in [2.05, 4.69) is 20.3 Å². The summed E-state index contributed by atoms with van der Waals surface area (Å²) in [6, 6.07) is 3.75. The molecule has 0 amide bonds. The molecule has 0 saturated carbocycles. The van der Waals surface area contributed by atoms with Gasteiger partial charge in [-0.05, 0) is 18.2 Å². The average molecular weight is 336 g/mol. The van der Waals surface area contributed by atoms with E-state index in [9.17, 15) is 17.6 Å². The van der Waals surface area contributed by atoms with E-state index < -0.39 is 17.7 Å². The van der Waals surface area contributed by atoms with Crippen LogP contribution in [0.5, 0.6) is 0 Å². The lowest BCUT2D eigenvalue weighted by Crippen LogP contribution is -2.14. The number of halogens is 4. The Balaban J connectivity index is 1.93. The first-order valence-corrected chi connectivity index (χ1v) is 7.08. The monoisotopic (exact) mass is 336 g/mol. The molecule has 0 atom stereocenters. The normalized spacial score (nSPS) is 13.9. The fraction of sp³-hybridized carbons (Fsp3) is 0.188. The quantitative estimate of drug-likeness (QED) is 0.856. The molecule has 0 saturated heterocycles. The number of allylic oxidation sites excluding steroid dienone is 1.